The Labute approximate surface area is 144 Å². The minimum atomic E-state index is -1.10. The van der Waals surface area contributed by atoms with Crippen LogP contribution in [0.2, 0.25) is 0 Å². The lowest BCUT2D eigenvalue weighted by molar-refractivity contribution is -0.165. The number of hydrogen-bond acceptors (Lipinski definition) is 6. The molecule has 1 N–H and O–H groups in total. The lowest BCUT2D eigenvalue weighted by atomic mass is 9.93. The predicted octanol–water partition coefficient (Wildman–Crippen LogP) is 2.88. The number of aliphatic hydroxyl groups excluding tert-OH is 1. The van der Waals surface area contributed by atoms with Crippen molar-refractivity contribution in [3.05, 3.63) is 51.9 Å². The molecule has 0 fully saturated rings. The molecule has 6 heteroatoms. The Morgan fingerprint density at radius 2 is 1.96 bits per heavy atom. The molecule has 1 aliphatic heterocycles. The van der Waals surface area contributed by atoms with Gasteiger partial charge in [-0.1, -0.05) is 6.08 Å². The number of benzene rings is 1. The van der Waals surface area contributed by atoms with E-state index in [0.717, 1.165) is 0 Å². The lowest BCUT2D eigenvalue weighted by Gasteiger charge is -2.32. The number of aliphatic hydroxyl groups is 1. The van der Waals surface area contributed by atoms with Gasteiger partial charge in [-0.25, -0.2) is 9.59 Å². The molecule has 0 bridgehead atoms. The first-order chi connectivity index (χ1) is 11.7. The molecule has 1 aliphatic rings. The maximum atomic E-state index is 12.1. The molecule has 0 spiro atoms. The van der Waals surface area contributed by atoms with E-state index < -0.39 is 29.4 Å². The predicted molar refractivity (Wildman–Crippen MR) is 91.5 cm³/mol. The number of rotatable bonds is 3. The van der Waals surface area contributed by atoms with E-state index in [1.807, 2.05) is 0 Å². The highest BCUT2D eigenvalue weighted by molar-refractivity contribution is 5.88. The summed E-state index contributed by atoms with van der Waals surface area (Å²) in [6.07, 6.45) is -0.272. The van der Waals surface area contributed by atoms with Crippen LogP contribution in [0.1, 0.15) is 39.4 Å². The second-order valence-corrected chi connectivity index (χ2v) is 6.60. The summed E-state index contributed by atoms with van der Waals surface area (Å²) >= 11 is 0. The zero-order valence-corrected chi connectivity index (χ0v) is 14.5. The first-order valence-electron chi connectivity index (χ1n) is 8.02. The molecule has 0 saturated carbocycles. The van der Waals surface area contributed by atoms with Gasteiger partial charge in [0, 0.05) is 17.0 Å². The number of esters is 1. The minimum Gasteiger partial charge on any atom is -0.483 e. The molecule has 132 valence electrons. The average Bonchev–Trinajstić information content (AvgIpc) is 2.91. The Morgan fingerprint density at radius 3 is 2.64 bits per heavy atom. The standard InChI is InChI=1S/C19H20O6/c1-5-10(2)18(22)25-19(3,4)17-15(21)14-12(23-17)8-6-11-7-9-13(20)24-16(11)14/h5-9,15,17,21H,1-4H3/t15-,17+/m0/s1. The normalized spacial score (nSPS) is 20.3. The molecule has 2 heterocycles. The summed E-state index contributed by atoms with van der Waals surface area (Å²) in [5.41, 5.74) is -0.458. The molecular formula is C19H20O6. The maximum absolute atomic E-state index is 12.1. The smallest absolute Gasteiger partial charge is 0.336 e. The highest BCUT2D eigenvalue weighted by atomic mass is 16.6. The molecule has 0 saturated heterocycles. The van der Waals surface area contributed by atoms with Gasteiger partial charge in [0.1, 0.15) is 23.0 Å². The Balaban J connectivity index is 1.98. The van der Waals surface area contributed by atoms with Crippen LogP contribution in [0.3, 0.4) is 0 Å². The SMILES string of the molecule is CC=C(C)C(=O)OC(C)(C)[C@@H]1Oc2ccc3ccc(=O)oc3c2[C@@H]1O. The Morgan fingerprint density at radius 1 is 1.28 bits per heavy atom. The Hall–Kier alpha value is -2.60. The summed E-state index contributed by atoms with van der Waals surface area (Å²) in [6, 6.07) is 6.40. The van der Waals surface area contributed by atoms with Crippen LogP contribution in [-0.2, 0) is 9.53 Å². The largest absolute Gasteiger partial charge is 0.483 e. The number of carbonyl (C=O) groups is 1. The van der Waals surface area contributed by atoms with Crippen molar-refractivity contribution in [2.24, 2.45) is 0 Å². The van der Waals surface area contributed by atoms with Crippen molar-refractivity contribution in [2.75, 3.05) is 0 Å². The first kappa shape index (κ1) is 17.2. The maximum Gasteiger partial charge on any atom is 0.336 e. The van der Waals surface area contributed by atoms with E-state index in [0.29, 0.717) is 22.3 Å². The zero-order valence-electron chi connectivity index (χ0n) is 14.5. The van der Waals surface area contributed by atoms with Crippen molar-refractivity contribution in [3.8, 4) is 5.75 Å². The Bertz CT molecular complexity index is 921. The van der Waals surface area contributed by atoms with Crippen molar-refractivity contribution in [1.29, 1.82) is 0 Å². The van der Waals surface area contributed by atoms with Gasteiger partial charge >= 0.3 is 11.6 Å². The first-order valence-corrected chi connectivity index (χ1v) is 8.02. The lowest BCUT2D eigenvalue weighted by Crippen LogP contribution is -2.45. The Kier molecular flexibility index (Phi) is 4.16. The third-order valence-corrected chi connectivity index (χ3v) is 4.42. The van der Waals surface area contributed by atoms with Crippen molar-refractivity contribution < 1.29 is 23.8 Å². The van der Waals surface area contributed by atoms with Crippen molar-refractivity contribution in [2.45, 2.75) is 45.5 Å². The minimum absolute atomic E-state index is 0.284. The van der Waals surface area contributed by atoms with Crippen LogP contribution in [0.15, 0.2) is 45.1 Å². The summed E-state index contributed by atoms with van der Waals surface area (Å²) in [6.45, 7) is 6.74. The quantitative estimate of drug-likeness (QED) is 0.523. The van der Waals surface area contributed by atoms with E-state index in [1.165, 1.54) is 6.07 Å². The monoisotopic (exact) mass is 344 g/mol. The third kappa shape index (κ3) is 2.93. The number of fused-ring (bicyclic) bond motifs is 3. The second-order valence-electron chi connectivity index (χ2n) is 6.60. The number of ether oxygens (including phenoxy) is 2. The van der Waals surface area contributed by atoms with Gasteiger partial charge in [-0.3, -0.25) is 0 Å². The molecular weight excluding hydrogens is 324 g/mol. The van der Waals surface area contributed by atoms with Crippen LogP contribution >= 0.6 is 0 Å². The molecule has 0 radical (unpaired) electrons. The average molecular weight is 344 g/mol. The van der Waals surface area contributed by atoms with Gasteiger partial charge in [-0.05, 0) is 45.9 Å². The van der Waals surface area contributed by atoms with Crippen LogP contribution in [-0.4, -0.2) is 22.8 Å². The molecule has 0 unspecified atom stereocenters. The molecule has 2 atom stereocenters. The highest BCUT2D eigenvalue weighted by Gasteiger charge is 2.47. The summed E-state index contributed by atoms with van der Waals surface area (Å²) in [5.74, 6) is -0.0677. The highest BCUT2D eigenvalue weighted by Crippen LogP contribution is 2.45. The molecule has 6 nitrogen and oxygen atoms in total. The van der Waals surface area contributed by atoms with Gasteiger partial charge in [-0.2, -0.15) is 0 Å². The summed E-state index contributed by atoms with van der Waals surface area (Å²) in [7, 11) is 0. The van der Waals surface area contributed by atoms with Crippen LogP contribution < -0.4 is 10.4 Å². The van der Waals surface area contributed by atoms with Crippen LogP contribution in [0, 0.1) is 0 Å². The van der Waals surface area contributed by atoms with Crippen LogP contribution in [0.5, 0.6) is 5.75 Å². The molecule has 1 aromatic heterocycles. The molecule has 0 aliphatic carbocycles. The van der Waals surface area contributed by atoms with Crippen LogP contribution in [0.4, 0.5) is 0 Å². The van der Waals surface area contributed by atoms with E-state index in [9.17, 15) is 14.7 Å². The second kappa shape index (κ2) is 6.04. The van der Waals surface area contributed by atoms with E-state index in [1.54, 1.807) is 52.0 Å². The molecule has 2 aromatic rings. The van der Waals surface area contributed by atoms with Gasteiger partial charge in [0.05, 0.1) is 5.56 Å². The van der Waals surface area contributed by atoms with E-state index in [-0.39, 0.29) is 5.58 Å². The van der Waals surface area contributed by atoms with Crippen molar-refractivity contribution in [3.63, 3.8) is 0 Å². The fraction of sp³-hybridized carbons (Fsp3) is 0.368. The molecule has 3 rings (SSSR count). The van der Waals surface area contributed by atoms with Crippen molar-refractivity contribution in [1.82, 2.24) is 0 Å². The van der Waals surface area contributed by atoms with Gasteiger partial charge in [0.25, 0.3) is 0 Å². The van der Waals surface area contributed by atoms with Crippen LogP contribution in [0.25, 0.3) is 11.0 Å². The van der Waals surface area contributed by atoms with Gasteiger partial charge in [0.15, 0.2) is 6.10 Å². The van der Waals surface area contributed by atoms with Gasteiger partial charge in [0.2, 0.25) is 0 Å². The topological polar surface area (TPSA) is 86.0 Å². The molecule has 1 aromatic carbocycles. The van der Waals surface area contributed by atoms with E-state index in [4.69, 9.17) is 13.9 Å². The van der Waals surface area contributed by atoms with E-state index >= 15 is 0 Å². The zero-order chi connectivity index (χ0) is 18.4. The summed E-state index contributed by atoms with van der Waals surface area (Å²) < 4.78 is 16.6. The van der Waals surface area contributed by atoms with Gasteiger partial charge < -0.3 is 19.0 Å². The van der Waals surface area contributed by atoms with Gasteiger partial charge in [-0.15, -0.1) is 0 Å². The summed E-state index contributed by atoms with van der Waals surface area (Å²) in [5, 5.41) is 11.5. The molecule has 0 amide bonds. The fourth-order valence-corrected chi connectivity index (χ4v) is 2.89. The molecule has 25 heavy (non-hydrogen) atoms. The van der Waals surface area contributed by atoms with Crippen molar-refractivity contribution >= 4 is 16.9 Å². The van der Waals surface area contributed by atoms with E-state index in [2.05, 4.69) is 0 Å². The summed E-state index contributed by atoms with van der Waals surface area (Å²) in [4.78, 5) is 23.7. The number of allylic oxidation sites excluding steroid dienone is 1. The fourth-order valence-electron chi connectivity index (χ4n) is 2.89. The third-order valence-electron chi connectivity index (χ3n) is 4.42. The number of carbonyl (C=O) groups excluding carboxylic acids is 1. The number of hydrogen-bond donors (Lipinski definition) is 1.